The summed E-state index contributed by atoms with van der Waals surface area (Å²) in [6, 6.07) is 5.01. The highest BCUT2D eigenvalue weighted by atomic mass is 16.6. The van der Waals surface area contributed by atoms with Crippen LogP contribution in [0.1, 0.15) is 43.6 Å². The van der Waals surface area contributed by atoms with Gasteiger partial charge in [-0.15, -0.1) is 0 Å². The van der Waals surface area contributed by atoms with E-state index in [1.54, 1.807) is 18.2 Å². The van der Waals surface area contributed by atoms with Crippen molar-refractivity contribution in [1.82, 2.24) is 0 Å². The van der Waals surface area contributed by atoms with E-state index in [0.717, 1.165) is 25.7 Å². The SMILES string of the molecule is COc1ccc([C@H](CC(=O)O)C[N+](=O)[O-])cc1OC1CCCC1. The highest BCUT2D eigenvalue weighted by Crippen LogP contribution is 2.35. The summed E-state index contributed by atoms with van der Waals surface area (Å²) in [5, 5.41) is 19.8. The molecule has 7 heteroatoms. The highest BCUT2D eigenvalue weighted by Gasteiger charge is 2.24. The van der Waals surface area contributed by atoms with Gasteiger partial charge in [0.1, 0.15) is 0 Å². The third-order valence-corrected chi connectivity index (χ3v) is 4.05. The molecule has 0 aliphatic heterocycles. The van der Waals surface area contributed by atoms with Gasteiger partial charge in [-0.2, -0.15) is 0 Å². The molecule has 2 rings (SSSR count). The lowest BCUT2D eigenvalue weighted by Crippen LogP contribution is -2.17. The first kappa shape index (κ1) is 17.1. The first-order chi connectivity index (χ1) is 11.0. The Bertz CT molecular complexity index is 552. The second-order valence-electron chi connectivity index (χ2n) is 5.74. The predicted molar refractivity (Wildman–Crippen MR) is 82.7 cm³/mol. The fraction of sp³-hybridized carbons (Fsp3) is 0.562. The number of carboxylic acids is 1. The maximum atomic E-state index is 11.0. The summed E-state index contributed by atoms with van der Waals surface area (Å²) in [5.74, 6) is -0.684. The Hall–Kier alpha value is -2.31. The number of rotatable bonds is 8. The van der Waals surface area contributed by atoms with Crippen molar-refractivity contribution in [3.8, 4) is 11.5 Å². The van der Waals surface area contributed by atoms with Gasteiger partial charge in [-0.05, 0) is 43.4 Å². The molecule has 1 N–H and O–H groups in total. The number of carbonyl (C=O) groups is 1. The van der Waals surface area contributed by atoms with Gasteiger partial charge in [-0.25, -0.2) is 0 Å². The summed E-state index contributed by atoms with van der Waals surface area (Å²) in [7, 11) is 1.53. The van der Waals surface area contributed by atoms with Crippen LogP contribution in [0.2, 0.25) is 0 Å². The zero-order chi connectivity index (χ0) is 16.8. The zero-order valence-electron chi connectivity index (χ0n) is 13.1. The maximum absolute atomic E-state index is 11.0. The lowest BCUT2D eigenvalue weighted by atomic mass is 9.95. The van der Waals surface area contributed by atoms with Gasteiger partial charge in [0.2, 0.25) is 6.54 Å². The first-order valence-corrected chi connectivity index (χ1v) is 7.67. The van der Waals surface area contributed by atoms with Crippen LogP contribution >= 0.6 is 0 Å². The molecule has 1 saturated carbocycles. The fourth-order valence-corrected chi connectivity index (χ4v) is 2.90. The van der Waals surface area contributed by atoms with E-state index in [2.05, 4.69) is 0 Å². The monoisotopic (exact) mass is 323 g/mol. The van der Waals surface area contributed by atoms with Crippen LogP contribution < -0.4 is 9.47 Å². The smallest absolute Gasteiger partial charge is 0.304 e. The Morgan fingerprint density at radius 1 is 1.39 bits per heavy atom. The normalized spacial score (nSPS) is 16.0. The summed E-state index contributed by atoms with van der Waals surface area (Å²) in [5.41, 5.74) is 0.581. The number of aliphatic carboxylic acids is 1. The van der Waals surface area contributed by atoms with Crippen molar-refractivity contribution in [1.29, 1.82) is 0 Å². The number of carboxylic acid groups (broad SMARTS) is 1. The molecule has 1 aromatic carbocycles. The van der Waals surface area contributed by atoms with Crippen molar-refractivity contribution in [2.75, 3.05) is 13.7 Å². The van der Waals surface area contributed by atoms with E-state index in [1.807, 2.05) is 0 Å². The molecule has 7 nitrogen and oxygen atoms in total. The van der Waals surface area contributed by atoms with Gasteiger partial charge in [0.15, 0.2) is 11.5 Å². The Morgan fingerprint density at radius 2 is 2.09 bits per heavy atom. The van der Waals surface area contributed by atoms with Crippen LogP contribution in [0, 0.1) is 10.1 Å². The van der Waals surface area contributed by atoms with E-state index in [1.165, 1.54) is 7.11 Å². The second-order valence-corrected chi connectivity index (χ2v) is 5.74. The molecule has 0 radical (unpaired) electrons. The lowest BCUT2D eigenvalue weighted by molar-refractivity contribution is -0.483. The predicted octanol–water partition coefficient (Wildman–Crippen LogP) is 2.85. The Kier molecular flexibility index (Phi) is 5.78. The number of ether oxygens (including phenoxy) is 2. The number of hydrogen-bond donors (Lipinski definition) is 1. The minimum atomic E-state index is -1.06. The summed E-state index contributed by atoms with van der Waals surface area (Å²) in [6.07, 6.45) is 4.01. The van der Waals surface area contributed by atoms with Crippen molar-refractivity contribution >= 4 is 5.97 Å². The first-order valence-electron chi connectivity index (χ1n) is 7.67. The van der Waals surface area contributed by atoms with Gasteiger partial charge in [0.05, 0.1) is 25.6 Å². The van der Waals surface area contributed by atoms with Gasteiger partial charge in [-0.1, -0.05) is 6.07 Å². The lowest BCUT2D eigenvalue weighted by Gasteiger charge is -2.18. The Balaban J connectivity index is 2.25. The standard InChI is InChI=1S/C16H21NO6/c1-22-14-7-6-11(12(9-16(18)19)10-17(20)21)8-15(14)23-13-4-2-3-5-13/h6-8,12-13H,2-5,9-10H2,1H3,(H,18,19)/t12-/m1/s1. The molecular weight excluding hydrogens is 302 g/mol. The van der Waals surface area contributed by atoms with E-state index >= 15 is 0 Å². The third kappa shape index (κ3) is 4.84. The van der Waals surface area contributed by atoms with Crippen molar-refractivity contribution in [3.63, 3.8) is 0 Å². The molecule has 0 aromatic heterocycles. The van der Waals surface area contributed by atoms with Gasteiger partial charge < -0.3 is 14.6 Å². The molecule has 1 aromatic rings. The second kappa shape index (κ2) is 7.80. The van der Waals surface area contributed by atoms with Crippen molar-refractivity contribution < 1.29 is 24.3 Å². The molecule has 1 aliphatic carbocycles. The molecule has 0 amide bonds. The van der Waals surface area contributed by atoms with Crippen molar-refractivity contribution in [3.05, 3.63) is 33.9 Å². The van der Waals surface area contributed by atoms with Crippen LogP contribution in [0.4, 0.5) is 0 Å². The molecule has 1 atom stereocenters. The summed E-state index contributed by atoms with van der Waals surface area (Å²) >= 11 is 0. The Morgan fingerprint density at radius 3 is 2.65 bits per heavy atom. The van der Waals surface area contributed by atoms with Crippen molar-refractivity contribution in [2.45, 2.75) is 44.1 Å². The minimum Gasteiger partial charge on any atom is -0.493 e. The number of nitro groups is 1. The molecule has 23 heavy (non-hydrogen) atoms. The third-order valence-electron chi connectivity index (χ3n) is 4.05. The van der Waals surface area contributed by atoms with E-state index in [-0.39, 0.29) is 12.5 Å². The maximum Gasteiger partial charge on any atom is 0.304 e. The van der Waals surface area contributed by atoms with Crippen LogP contribution in [0.5, 0.6) is 11.5 Å². The van der Waals surface area contributed by atoms with E-state index in [4.69, 9.17) is 14.6 Å². The quantitative estimate of drug-likeness (QED) is 0.583. The highest BCUT2D eigenvalue weighted by molar-refractivity contribution is 5.68. The largest absolute Gasteiger partial charge is 0.493 e. The van der Waals surface area contributed by atoms with Gasteiger partial charge in [0.25, 0.3) is 0 Å². The number of nitrogens with zero attached hydrogens (tertiary/aromatic N) is 1. The van der Waals surface area contributed by atoms with Gasteiger partial charge in [0, 0.05) is 4.92 Å². The topological polar surface area (TPSA) is 98.9 Å². The molecule has 126 valence electrons. The molecule has 0 spiro atoms. The molecule has 0 saturated heterocycles. The molecular formula is C16H21NO6. The minimum absolute atomic E-state index is 0.118. The zero-order valence-corrected chi connectivity index (χ0v) is 13.1. The van der Waals surface area contributed by atoms with E-state index in [0.29, 0.717) is 17.1 Å². The molecule has 1 fully saturated rings. The van der Waals surface area contributed by atoms with Crippen LogP contribution in [-0.4, -0.2) is 35.8 Å². The van der Waals surface area contributed by atoms with Crippen LogP contribution in [0.15, 0.2) is 18.2 Å². The molecule has 0 heterocycles. The van der Waals surface area contributed by atoms with Crippen molar-refractivity contribution in [2.24, 2.45) is 0 Å². The van der Waals surface area contributed by atoms with Gasteiger partial charge >= 0.3 is 5.97 Å². The fourth-order valence-electron chi connectivity index (χ4n) is 2.90. The summed E-state index contributed by atoms with van der Waals surface area (Å²) in [4.78, 5) is 21.3. The average molecular weight is 323 g/mol. The average Bonchev–Trinajstić information content (AvgIpc) is 2.98. The molecule has 0 bridgehead atoms. The molecule has 1 aliphatic rings. The number of methoxy groups -OCH3 is 1. The van der Waals surface area contributed by atoms with Crippen LogP contribution in [0.3, 0.4) is 0 Å². The van der Waals surface area contributed by atoms with Crippen LogP contribution in [0.25, 0.3) is 0 Å². The van der Waals surface area contributed by atoms with E-state index < -0.39 is 23.4 Å². The summed E-state index contributed by atoms with van der Waals surface area (Å²) < 4.78 is 11.2. The molecule has 0 unspecified atom stereocenters. The Labute approximate surface area is 134 Å². The van der Waals surface area contributed by atoms with Crippen LogP contribution in [-0.2, 0) is 4.79 Å². The summed E-state index contributed by atoms with van der Waals surface area (Å²) in [6.45, 7) is -0.429. The number of benzene rings is 1. The number of hydrogen-bond acceptors (Lipinski definition) is 5. The van der Waals surface area contributed by atoms with Gasteiger partial charge in [-0.3, -0.25) is 14.9 Å². The van der Waals surface area contributed by atoms with E-state index in [9.17, 15) is 14.9 Å².